The summed E-state index contributed by atoms with van der Waals surface area (Å²) in [5.74, 6) is 0.788. The topological polar surface area (TPSA) is 63.7 Å². The molecule has 1 aliphatic heterocycles. The zero-order valence-electron chi connectivity index (χ0n) is 12.7. The van der Waals surface area contributed by atoms with Crippen LogP contribution in [0.1, 0.15) is 32.6 Å². The van der Waals surface area contributed by atoms with Crippen LogP contribution in [0.4, 0.5) is 4.79 Å². The number of rotatable bonds is 5. The fraction of sp³-hybridized carbons (Fsp3) is 0.471. The Hall–Kier alpha value is -2.17. The molecule has 0 aliphatic carbocycles. The molecule has 0 radical (unpaired) electrons. The van der Waals surface area contributed by atoms with E-state index in [0.717, 1.165) is 6.29 Å². The van der Waals surface area contributed by atoms with Crippen LogP contribution in [0.25, 0.3) is 0 Å². The lowest BCUT2D eigenvalue weighted by molar-refractivity contribution is -0.122. The molecule has 1 aromatic rings. The summed E-state index contributed by atoms with van der Waals surface area (Å²) >= 11 is 0. The lowest BCUT2D eigenvalue weighted by atomic mass is 9.91. The van der Waals surface area contributed by atoms with Crippen molar-refractivity contribution in [2.45, 2.75) is 38.6 Å². The molecule has 0 aromatic heterocycles. The predicted molar refractivity (Wildman–Crippen MR) is 81.7 cm³/mol. The molecule has 1 heterocycles. The second-order valence-corrected chi connectivity index (χ2v) is 5.76. The van der Waals surface area contributed by atoms with Gasteiger partial charge >= 0.3 is 6.09 Å². The van der Waals surface area contributed by atoms with Crippen molar-refractivity contribution in [3.63, 3.8) is 0 Å². The largest absolute Gasteiger partial charge is 0.415 e. The molecule has 0 bridgehead atoms. The van der Waals surface area contributed by atoms with E-state index in [1.54, 1.807) is 29.2 Å². The number of hydrogen-bond donors (Lipinski definition) is 0. The van der Waals surface area contributed by atoms with E-state index in [1.807, 2.05) is 13.0 Å². The number of ketones is 1. The number of para-hydroxylation sites is 1. The highest BCUT2D eigenvalue weighted by Crippen LogP contribution is 2.23. The quantitative estimate of drug-likeness (QED) is 0.785. The third-order valence-electron chi connectivity index (χ3n) is 3.89. The van der Waals surface area contributed by atoms with Crippen LogP contribution in [0.2, 0.25) is 0 Å². The van der Waals surface area contributed by atoms with Crippen LogP contribution in [0.15, 0.2) is 30.3 Å². The first-order valence-electron chi connectivity index (χ1n) is 7.59. The van der Waals surface area contributed by atoms with Gasteiger partial charge in [0.1, 0.15) is 17.8 Å². The van der Waals surface area contributed by atoms with Gasteiger partial charge in [-0.2, -0.15) is 0 Å². The third-order valence-corrected chi connectivity index (χ3v) is 3.89. The Morgan fingerprint density at radius 1 is 1.41 bits per heavy atom. The maximum Gasteiger partial charge on any atom is 0.415 e. The SMILES string of the molecule is C[C@H](CC=O)C[C@@H]1CC(=O)CCN1C(=O)Oc1ccccc1. The van der Waals surface area contributed by atoms with Gasteiger partial charge in [0.15, 0.2) is 0 Å². The van der Waals surface area contributed by atoms with Gasteiger partial charge in [0.05, 0.1) is 0 Å². The molecule has 118 valence electrons. The van der Waals surface area contributed by atoms with Gasteiger partial charge in [-0.3, -0.25) is 4.79 Å². The molecular weight excluding hydrogens is 282 g/mol. The van der Waals surface area contributed by atoms with E-state index >= 15 is 0 Å². The van der Waals surface area contributed by atoms with E-state index in [0.29, 0.717) is 38.0 Å². The van der Waals surface area contributed by atoms with E-state index in [4.69, 9.17) is 4.74 Å². The minimum absolute atomic E-state index is 0.139. The van der Waals surface area contributed by atoms with Gasteiger partial charge in [-0.05, 0) is 24.5 Å². The molecule has 1 aromatic carbocycles. The van der Waals surface area contributed by atoms with Crippen molar-refractivity contribution in [1.82, 2.24) is 4.90 Å². The molecule has 5 heteroatoms. The van der Waals surface area contributed by atoms with Crippen molar-refractivity contribution in [2.24, 2.45) is 5.92 Å². The summed E-state index contributed by atoms with van der Waals surface area (Å²) in [5.41, 5.74) is 0. The van der Waals surface area contributed by atoms with E-state index in [1.165, 1.54) is 0 Å². The molecule has 1 saturated heterocycles. The van der Waals surface area contributed by atoms with E-state index < -0.39 is 6.09 Å². The zero-order chi connectivity index (χ0) is 15.9. The molecule has 2 rings (SSSR count). The standard InChI is InChI=1S/C17H21NO4/c1-13(8-10-19)11-14-12-15(20)7-9-18(14)17(21)22-16-5-3-2-4-6-16/h2-6,10,13-14H,7-9,11-12H2,1H3/t13-,14-/m1/s1. The summed E-state index contributed by atoms with van der Waals surface area (Å²) in [7, 11) is 0. The van der Waals surface area contributed by atoms with Crippen LogP contribution in [0.5, 0.6) is 5.75 Å². The van der Waals surface area contributed by atoms with Crippen molar-refractivity contribution >= 4 is 18.2 Å². The average Bonchev–Trinajstić information content (AvgIpc) is 2.48. The molecule has 1 amide bonds. The van der Waals surface area contributed by atoms with Crippen LogP contribution < -0.4 is 4.74 Å². The number of piperidine rings is 1. The van der Waals surface area contributed by atoms with Gasteiger partial charge in [-0.15, -0.1) is 0 Å². The number of ether oxygens (including phenoxy) is 1. The van der Waals surface area contributed by atoms with Crippen molar-refractivity contribution in [3.8, 4) is 5.75 Å². The third kappa shape index (κ3) is 4.41. The fourth-order valence-corrected chi connectivity index (χ4v) is 2.73. The number of carbonyl (C=O) groups is 3. The van der Waals surface area contributed by atoms with Crippen molar-refractivity contribution in [2.75, 3.05) is 6.54 Å². The number of Topliss-reactive ketones (excluding diaryl/α,β-unsaturated/α-hetero) is 1. The number of nitrogens with zero attached hydrogens (tertiary/aromatic N) is 1. The average molecular weight is 303 g/mol. The van der Waals surface area contributed by atoms with Crippen LogP contribution in [-0.2, 0) is 9.59 Å². The Bertz CT molecular complexity index is 529. The Morgan fingerprint density at radius 3 is 2.82 bits per heavy atom. The van der Waals surface area contributed by atoms with Gasteiger partial charge in [0, 0.05) is 31.8 Å². The number of likely N-dealkylation sites (tertiary alicyclic amines) is 1. The second-order valence-electron chi connectivity index (χ2n) is 5.76. The van der Waals surface area contributed by atoms with Crippen molar-refractivity contribution < 1.29 is 19.1 Å². The molecule has 0 spiro atoms. The summed E-state index contributed by atoms with van der Waals surface area (Å²) in [6.07, 6.45) is 2.22. The van der Waals surface area contributed by atoms with Crippen molar-refractivity contribution in [3.05, 3.63) is 30.3 Å². The van der Waals surface area contributed by atoms with Gasteiger partial charge in [-0.1, -0.05) is 25.1 Å². The highest BCUT2D eigenvalue weighted by atomic mass is 16.6. The van der Waals surface area contributed by atoms with Crippen LogP contribution in [0, 0.1) is 5.92 Å². The molecule has 22 heavy (non-hydrogen) atoms. The highest BCUT2D eigenvalue weighted by molar-refractivity contribution is 5.82. The minimum atomic E-state index is -0.429. The summed E-state index contributed by atoms with van der Waals surface area (Å²) < 4.78 is 5.37. The lowest BCUT2D eigenvalue weighted by Crippen LogP contribution is -2.48. The first-order valence-corrected chi connectivity index (χ1v) is 7.59. The van der Waals surface area contributed by atoms with Crippen LogP contribution >= 0.6 is 0 Å². The molecule has 2 atom stereocenters. The maximum atomic E-state index is 12.3. The minimum Gasteiger partial charge on any atom is -0.410 e. The Kier molecular flexibility index (Phi) is 5.69. The monoisotopic (exact) mass is 303 g/mol. The molecule has 0 N–H and O–H groups in total. The molecule has 1 fully saturated rings. The second kappa shape index (κ2) is 7.73. The summed E-state index contributed by atoms with van der Waals surface area (Å²) in [4.78, 5) is 36.3. The normalized spacial score (nSPS) is 19.6. The first-order chi connectivity index (χ1) is 10.6. The van der Waals surface area contributed by atoms with Crippen molar-refractivity contribution in [1.29, 1.82) is 0 Å². The number of amides is 1. The van der Waals surface area contributed by atoms with E-state index in [9.17, 15) is 14.4 Å². The van der Waals surface area contributed by atoms with Gasteiger partial charge in [0.25, 0.3) is 0 Å². The van der Waals surface area contributed by atoms with Gasteiger partial charge in [0.2, 0.25) is 0 Å². The number of aldehydes is 1. The molecular formula is C17H21NO4. The summed E-state index contributed by atoms with van der Waals surface area (Å²) in [5, 5.41) is 0. The summed E-state index contributed by atoms with van der Waals surface area (Å²) in [6, 6.07) is 8.69. The molecule has 1 aliphatic rings. The lowest BCUT2D eigenvalue weighted by Gasteiger charge is -2.35. The molecule has 0 saturated carbocycles. The van der Waals surface area contributed by atoms with Crippen LogP contribution in [-0.4, -0.2) is 35.6 Å². The van der Waals surface area contributed by atoms with Gasteiger partial charge < -0.3 is 14.4 Å². The number of carbonyl (C=O) groups excluding carboxylic acids is 3. The highest BCUT2D eigenvalue weighted by Gasteiger charge is 2.32. The number of hydrogen-bond acceptors (Lipinski definition) is 4. The number of benzene rings is 1. The van der Waals surface area contributed by atoms with Gasteiger partial charge in [-0.25, -0.2) is 4.79 Å². The maximum absolute atomic E-state index is 12.3. The van der Waals surface area contributed by atoms with E-state index in [2.05, 4.69) is 0 Å². The fourth-order valence-electron chi connectivity index (χ4n) is 2.73. The smallest absolute Gasteiger partial charge is 0.410 e. The van der Waals surface area contributed by atoms with Crippen LogP contribution in [0.3, 0.4) is 0 Å². The first kappa shape index (κ1) is 16.2. The predicted octanol–water partition coefficient (Wildman–Crippen LogP) is 2.83. The Balaban J connectivity index is 2.03. The van der Waals surface area contributed by atoms with E-state index in [-0.39, 0.29) is 17.7 Å². The summed E-state index contributed by atoms with van der Waals surface area (Å²) in [6.45, 7) is 2.33. The molecule has 0 unspecified atom stereocenters. The Labute approximate surface area is 130 Å². The molecule has 5 nitrogen and oxygen atoms in total. The zero-order valence-corrected chi connectivity index (χ0v) is 12.7. The Morgan fingerprint density at radius 2 is 2.14 bits per heavy atom.